The van der Waals surface area contributed by atoms with Crippen molar-refractivity contribution in [1.82, 2.24) is 0 Å². The van der Waals surface area contributed by atoms with Gasteiger partial charge in [0.1, 0.15) is 11.5 Å². The molecule has 3 heteroatoms. The highest BCUT2D eigenvalue weighted by Crippen LogP contribution is 2.37. The molecule has 0 radical (unpaired) electrons. The van der Waals surface area contributed by atoms with E-state index in [4.69, 9.17) is 0 Å². The summed E-state index contributed by atoms with van der Waals surface area (Å²) < 4.78 is 0. The predicted molar refractivity (Wildman–Crippen MR) is 109 cm³/mol. The summed E-state index contributed by atoms with van der Waals surface area (Å²) in [5, 5.41) is 21.3. The second-order valence-corrected chi connectivity index (χ2v) is 7.13. The zero-order valence-electron chi connectivity index (χ0n) is 15.7. The number of phenols is 2. The van der Waals surface area contributed by atoms with E-state index >= 15 is 0 Å². The maximum Gasteiger partial charge on any atom is 0.119 e. The molecule has 0 fully saturated rings. The van der Waals surface area contributed by atoms with E-state index in [2.05, 4.69) is 55.8 Å². The second-order valence-electron chi connectivity index (χ2n) is 6.48. The van der Waals surface area contributed by atoms with Crippen molar-refractivity contribution < 1.29 is 10.2 Å². The molecule has 2 nitrogen and oxygen atoms in total. The molecule has 0 amide bonds. The van der Waals surface area contributed by atoms with Gasteiger partial charge in [-0.25, -0.2) is 0 Å². The van der Waals surface area contributed by atoms with E-state index in [1.807, 2.05) is 12.1 Å². The summed E-state index contributed by atoms with van der Waals surface area (Å²) in [7, 11) is 0. The molecule has 0 spiro atoms. The van der Waals surface area contributed by atoms with Gasteiger partial charge in [-0.3, -0.25) is 0 Å². The largest absolute Gasteiger partial charge is 0.508 e. The first kappa shape index (κ1) is 19.8. The zero-order valence-corrected chi connectivity index (χ0v) is 17.3. The van der Waals surface area contributed by atoms with Crippen molar-refractivity contribution in [2.45, 2.75) is 59.3 Å². The number of benzene rings is 2. The molecule has 2 aromatic carbocycles. The monoisotopic (exact) mass is 404 g/mol. The van der Waals surface area contributed by atoms with E-state index in [0.717, 1.165) is 42.1 Å². The third kappa shape index (κ3) is 4.03. The summed E-state index contributed by atoms with van der Waals surface area (Å²) in [5.74, 6) is 1.00. The van der Waals surface area contributed by atoms with Crippen LogP contribution in [-0.2, 0) is 25.7 Å². The van der Waals surface area contributed by atoms with Crippen LogP contribution in [0.4, 0.5) is 0 Å². The molecule has 0 heterocycles. The Balaban J connectivity index is 2.68. The maximum absolute atomic E-state index is 10.2. The van der Waals surface area contributed by atoms with Gasteiger partial charge < -0.3 is 10.2 Å². The quantitative estimate of drug-likeness (QED) is 0.566. The Labute approximate surface area is 160 Å². The fraction of sp³-hybridized carbons (Fsp3) is 0.455. The summed E-state index contributed by atoms with van der Waals surface area (Å²) in [6, 6.07) is 8.18. The molecular weight excluding hydrogens is 376 g/mol. The molecule has 2 N–H and O–H groups in total. The number of aromatic hydroxyl groups is 2. The van der Waals surface area contributed by atoms with E-state index in [-0.39, 0.29) is 5.92 Å². The number of alkyl halides is 1. The average molecular weight is 405 g/mol. The van der Waals surface area contributed by atoms with Gasteiger partial charge in [0.2, 0.25) is 0 Å². The maximum atomic E-state index is 10.2. The fourth-order valence-corrected chi connectivity index (χ4v) is 4.25. The third-order valence-corrected chi connectivity index (χ3v) is 5.76. The fourth-order valence-electron chi connectivity index (χ4n) is 3.55. The van der Waals surface area contributed by atoms with Crippen LogP contribution in [0.2, 0.25) is 0 Å². The minimum Gasteiger partial charge on any atom is -0.508 e. The molecule has 2 aromatic rings. The van der Waals surface area contributed by atoms with Crippen molar-refractivity contribution in [3.63, 3.8) is 0 Å². The molecule has 0 saturated carbocycles. The lowest BCUT2D eigenvalue weighted by Gasteiger charge is -2.24. The molecule has 0 saturated heterocycles. The van der Waals surface area contributed by atoms with Gasteiger partial charge in [0, 0.05) is 11.2 Å². The van der Waals surface area contributed by atoms with Crippen LogP contribution >= 0.6 is 15.9 Å². The number of aryl methyl sites for hydroxylation is 4. The van der Waals surface area contributed by atoms with Crippen LogP contribution in [-0.4, -0.2) is 15.5 Å². The Morgan fingerprint density at radius 3 is 1.32 bits per heavy atom. The van der Waals surface area contributed by atoms with E-state index in [9.17, 15) is 10.2 Å². The number of halogens is 1. The predicted octanol–water partition coefficient (Wildman–Crippen LogP) is 5.87. The lowest BCUT2D eigenvalue weighted by Crippen LogP contribution is -2.10. The van der Waals surface area contributed by atoms with Crippen LogP contribution in [0.15, 0.2) is 24.3 Å². The Morgan fingerprint density at radius 2 is 1.04 bits per heavy atom. The van der Waals surface area contributed by atoms with Crippen LogP contribution in [0.25, 0.3) is 0 Å². The summed E-state index contributed by atoms with van der Waals surface area (Å²) in [4.78, 5) is 0. The summed E-state index contributed by atoms with van der Waals surface area (Å²) in [6.45, 7) is 8.40. The molecule has 0 aliphatic heterocycles. The molecule has 0 unspecified atom stereocenters. The van der Waals surface area contributed by atoms with Crippen molar-refractivity contribution >= 4 is 15.9 Å². The molecule has 0 bridgehead atoms. The molecular formula is C22H29BrO2. The highest BCUT2D eigenvalue weighted by Gasteiger charge is 2.21. The van der Waals surface area contributed by atoms with Gasteiger partial charge in [-0.05, 0) is 71.2 Å². The first-order chi connectivity index (χ1) is 12.0. The lowest BCUT2D eigenvalue weighted by molar-refractivity contribution is 0.467. The Morgan fingerprint density at radius 1 is 0.680 bits per heavy atom. The third-order valence-electron chi connectivity index (χ3n) is 5.11. The molecule has 0 atom stereocenters. The van der Waals surface area contributed by atoms with Crippen LogP contribution in [0.5, 0.6) is 11.5 Å². The first-order valence-corrected chi connectivity index (χ1v) is 10.4. The first-order valence-electron chi connectivity index (χ1n) is 9.25. The van der Waals surface area contributed by atoms with Crippen molar-refractivity contribution in [2.75, 3.05) is 5.33 Å². The standard InChI is InChI=1S/C22H29BrO2/c1-5-14-11-21(24)16(7-3)9-18(14)20(13-23)19-10-17(8-4)22(25)12-15(19)6-2/h9-12,20,24-25H,5-8,13H2,1-4H3. The van der Waals surface area contributed by atoms with E-state index in [0.29, 0.717) is 11.5 Å². The summed E-state index contributed by atoms with van der Waals surface area (Å²) >= 11 is 3.72. The van der Waals surface area contributed by atoms with Crippen molar-refractivity contribution in [1.29, 1.82) is 0 Å². The van der Waals surface area contributed by atoms with Gasteiger partial charge in [-0.15, -0.1) is 0 Å². The summed E-state index contributed by atoms with van der Waals surface area (Å²) in [6.07, 6.45) is 3.40. The van der Waals surface area contributed by atoms with Gasteiger partial charge in [-0.1, -0.05) is 55.8 Å². The SMILES string of the molecule is CCc1cc(C(CBr)c2cc(CC)c(O)cc2CC)c(CC)cc1O. The molecule has 2 rings (SSSR count). The van der Waals surface area contributed by atoms with Crippen molar-refractivity contribution in [3.8, 4) is 11.5 Å². The smallest absolute Gasteiger partial charge is 0.119 e. The molecule has 25 heavy (non-hydrogen) atoms. The lowest BCUT2D eigenvalue weighted by atomic mass is 9.83. The van der Waals surface area contributed by atoms with Gasteiger partial charge in [0.15, 0.2) is 0 Å². The summed E-state index contributed by atoms with van der Waals surface area (Å²) in [5.41, 5.74) is 6.91. The highest BCUT2D eigenvalue weighted by molar-refractivity contribution is 9.09. The van der Waals surface area contributed by atoms with Gasteiger partial charge >= 0.3 is 0 Å². The Kier molecular flexibility index (Phi) is 6.95. The van der Waals surface area contributed by atoms with E-state index in [1.54, 1.807) is 0 Å². The second kappa shape index (κ2) is 8.75. The Bertz CT molecular complexity index is 676. The number of hydrogen-bond acceptors (Lipinski definition) is 2. The van der Waals surface area contributed by atoms with Crippen LogP contribution < -0.4 is 0 Å². The average Bonchev–Trinajstić information content (AvgIpc) is 2.63. The molecule has 0 aromatic heterocycles. The topological polar surface area (TPSA) is 40.5 Å². The Hall–Kier alpha value is -1.48. The number of hydrogen-bond donors (Lipinski definition) is 2. The van der Waals surface area contributed by atoms with Gasteiger partial charge in [-0.2, -0.15) is 0 Å². The van der Waals surface area contributed by atoms with E-state index in [1.165, 1.54) is 22.3 Å². The zero-order chi connectivity index (χ0) is 18.6. The molecule has 136 valence electrons. The van der Waals surface area contributed by atoms with Crippen molar-refractivity contribution in [2.24, 2.45) is 0 Å². The van der Waals surface area contributed by atoms with Gasteiger partial charge in [0.05, 0.1) is 0 Å². The van der Waals surface area contributed by atoms with Crippen LogP contribution in [0.3, 0.4) is 0 Å². The number of phenolic OH excluding ortho intramolecular Hbond substituents is 2. The van der Waals surface area contributed by atoms with E-state index < -0.39 is 0 Å². The van der Waals surface area contributed by atoms with Crippen LogP contribution in [0.1, 0.15) is 67.0 Å². The van der Waals surface area contributed by atoms with Crippen molar-refractivity contribution in [3.05, 3.63) is 57.6 Å². The minimum atomic E-state index is 0.210. The highest BCUT2D eigenvalue weighted by atomic mass is 79.9. The molecule has 0 aliphatic rings. The molecule has 0 aliphatic carbocycles. The minimum absolute atomic E-state index is 0.210. The number of rotatable bonds is 7. The normalized spacial score (nSPS) is 11.3. The van der Waals surface area contributed by atoms with Gasteiger partial charge in [0.25, 0.3) is 0 Å². The van der Waals surface area contributed by atoms with Crippen LogP contribution in [0, 0.1) is 0 Å².